The number of Topliss-reactive ketones (excluding diaryl/α,β-unsaturated/α-hetero) is 1. The molecule has 2 saturated heterocycles. The summed E-state index contributed by atoms with van der Waals surface area (Å²) in [6, 6.07) is 0. The molecule has 33 heavy (non-hydrogen) atoms. The van der Waals surface area contributed by atoms with Crippen LogP contribution in [0.5, 0.6) is 0 Å². The number of epoxide rings is 1. The number of cyclic esters (lactones) is 1. The van der Waals surface area contributed by atoms with Gasteiger partial charge in [-0.15, -0.1) is 11.3 Å². The van der Waals surface area contributed by atoms with Gasteiger partial charge in [-0.1, -0.05) is 34.1 Å². The fraction of sp³-hybridized carbons (Fsp3) is 0.720. The second kappa shape index (κ2) is 10.8. The van der Waals surface area contributed by atoms with E-state index >= 15 is 0 Å². The van der Waals surface area contributed by atoms with Crippen molar-refractivity contribution in [1.29, 1.82) is 0 Å². The molecular weight excluding hydrogens is 442 g/mol. The van der Waals surface area contributed by atoms with Gasteiger partial charge in [-0.25, -0.2) is 4.98 Å². The average Bonchev–Trinajstić information content (AvgIpc) is 3.35. The number of carbonyl (C=O) groups excluding carboxylic acids is 2. The molecule has 2 fully saturated rings. The third-order valence-corrected chi connectivity index (χ3v) is 7.83. The molecule has 184 valence electrons. The summed E-state index contributed by atoms with van der Waals surface area (Å²) >= 11 is 1.55. The Bertz CT molecular complexity index is 865. The number of hydrogen-bond acceptors (Lipinski definition) is 8. The van der Waals surface area contributed by atoms with E-state index in [9.17, 15) is 19.8 Å². The number of aliphatic hydroxyl groups is 2. The molecule has 2 aliphatic rings. The van der Waals surface area contributed by atoms with Gasteiger partial charge in [0.2, 0.25) is 0 Å². The zero-order valence-corrected chi connectivity index (χ0v) is 21.0. The maximum absolute atomic E-state index is 13.1. The Labute approximate surface area is 200 Å². The van der Waals surface area contributed by atoms with E-state index in [2.05, 4.69) is 4.98 Å². The molecule has 0 unspecified atom stereocenters. The average molecular weight is 480 g/mol. The highest BCUT2D eigenvalue weighted by atomic mass is 32.1. The molecule has 0 saturated carbocycles. The fourth-order valence-electron chi connectivity index (χ4n) is 4.54. The molecule has 0 spiro atoms. The van der Waals surface area contributed by atoms with Crippen LogP contribution in [0.25, 0.3) is 6.08 Å². The van der Waals surface area contributed by atoms with E-state index in [1.807, 2.05) is 31.4 Å². The molecule has 3 rings (SSSR count). The van der Waals surface area contributed by atoms with Crippen LogP contribution >= 0.6 is 11.3 Å². The molecule has 7 nitrogen and oxygen atoms in total. The molecule has 0 aromatic carbocycles. The summed E-state index contributed by atoms with van der Waals surface area (Å²) in [5.41, 5.74) is -0.382. The number of aryl methyl sites for hydroxylation is 1. The first-order chi connectivity index (χ1) is 15.5. The predicted molar refractivity (Wildman–Crippen MR) is 127 cm³/mol. The molecule has 2 aliphatic heterocycles. The van der Waals surface area contributed by atoms with Gasteiger partial charge in [-0.3, -0.25) is 9.59 Å². The Morgan fingerprint density at radius 2 is 1.91 bits per heavy atom. The van der Waals surface area contributed by atoms with Gasteiger partial charge < -0.3 is 19.7 Å². The third-order valence-electron chi connectivity index (χ3n) is 7.04. The minimum atomic E-state index is -1.22. The molecule has 3 heterocycles. The number of fused-ring (bicyclic) bond motifs is 1. The van der Waals surface area contributed by atoms with Crippen molar-refractivity contribution in [3.63, 3.8) is 0 Å². The van der Waals surface area contributed by atoms with E-state index in [1.165, 1.54) is 0 Å². The number of esters is 1. The van der Waals surface area contributed by atoms with Crippen LogP contribution in [-0.2, 0) is 19.1 Å². The van der Waals surface area contributed by atoms with Crippen LogP contribution in [0.2, 0.25) is 0 Å². The number of carbonyl (C=O) groups is 2. The Balaban J connectivity index is 1.77. The Morgan fingerprint density at radius 1 is 1.18 bits per heavy atom. The van der Waals surface area contributed by atoms with Crippen LogP contribution in [0.3, 0.4) is 0 Å². The maximum Gasteiger partial charge on any atom is 0.309 e. The number of nitrogens with zero attached hydrogens (tertiary/aromatic N) is 1. The van der Waals surface area contributed by atoms with Gasteiger partial charge in [-0.05, 0) is 37.8 Å². The van der Waals surface area contributed by atoms with Crippen molar-refractivity contribution in [2.45, 2.75) is 97.2 Å². The Kier molecular flexibility index (Phi) is 8.48. The maximum atomic E-state index is 13.1. The smallest absolute Gasteiger partial charge is 0.309 e. The van der Waals surface area contributed by atoms with Gasteiger partial charge in [0.15, 0.2) is 0 Å². The van der Waals surface area contributed by atoms with E-state index in [4.69, 9.17) is 9.47 Å². The zero-order chi connectivity index (χ0) is 24.3. The standard InChI is InChI=1S/C25H37NO6S/c1-14-7-6-8-19-20(32-19)11-18(10-9-17-13-33-16(3)26-17)31-22(28)12-21(27)25(4,5)24(30)15(2)23(14)29/h9-10,13-15,18-21,23,27,29H,6-8,11-12H2,1-5H3/b10-9-/t14-,15+,18+,19+,20-,21-,23-/m0/s1. The summed E-state index contributed by atoms with van der Waals surface area (Å²) in [5, 5.41) is 24.4. The van der Waals surface area contributed by atoms with E-state index in [-0.39, 0.29) is 30.3 Å². The van der Waals surface area contributed by atoms with E-state index in [0.717, 1.165) is 30.0 Å². The predicted octanol–water partition coefficient (Wildman–Crippen LogP) is 3.70. The molecule has 1 aromatic rings. The molecule has 1 aromatic heterocycles. The summed E-state index contributed by atoms with van der Waals surface area (Å²) in [5.74, 6) is -1.52. The second-order valence-corrected chi connectivity index (χ2v) is 11.2. The van der Waals surface area contributed by atoms with Crippen molar-refractivity contribution in [3.8, 4) is 0 Å². The van der Waals surface area contributed by atoms with Gasteiger partial charge >= 0.3 is 5.97 Å². The van der Waals surface area contributed by atoms with Crippen molar-refractivity contribution >= 4 is 29.2 Å². The Hall–Kier alpha value is -1.61. The van der Waals surface area contributed by atoms with E-state index < -0.39 is 35.6 Å². The lowest BCUT2D eigenvalue weighted by Gasteiger charge is -2.34. The van der Waals surface area contributed by atoms with Gasteiger partial charge in [0, 0.05) is 17.7 Å². The molecule has 8 heteroatoms. The molecule has 2 N–H and O–H groups in total. The summed E-state index contributed by atoms with van der Waals surface area (Å²) in [6.07, 6.45) is 4.02. The number of ketones is 1. The van der Waals surface area contributed by atoms with Gasteiger partial charge in [0.25, 0.3) is 0 Å². The number of aromatic nitrogens is 1. The first kappa shape index (κ1) is 26.0. The lowest BCUT2D eigenvalue weighted by molar-refractivity contribution is -0.154. The lowest BCUT2D eigenvalue weighted by atomic mass is 9.73. The zero-order valence-electron chi connectivity index (χ0n) is 20.2. The van der Waals surface area contributed by atoms with E-state index in [0.29, 0.717) is 6.42 Å². The summed E-state index contributed by atoms with van der Waals surface area (Å²) in [4.78, 5) is 30.2. The monoisotopic (exact) mass is 479 g/mol. The van der Waals surface area contributed by atoms with Crippen LogP contribution in [0, 0.1) is 24.2 Å². The number of rotatable bonds is 2. The van der Waals surface area contributed by atoms with Crippen LogP contribution < -0.4 is 0 Å². The minimum Gasteiger partial charge on any atom is -0.458 e. The summed E-state index contributed by atoms with van der Waals surface area (Å²) < 4.78 is 11.5. The quantitative estimate of drug-likeness (QED) is 0.492. The number of ether oxygens (including phenoxy) is 2. The third kappa shape index (κ3) is 6.72. The van der Waals surface area contributed by atoms with Crippen LogP contribution in [0.1, 0.15) is 70.5 Å². The minimum absolute atomic E-state index is 0.0135. The highest BCUT2D eigenvalue weighted by Gasteiger charge is 2.44. The molecule has 0 amide bonds. The van der Waals surface area contributed by atoms with Crippen LogP contribution in [0.4, 0.5) is 0 Å². The molecule has 7 atom stereocenters. The molecule has 0 radical (unpaired) electrons. The molecular formula is C25H37NO6S. The number of hydrogen-bond donors (Lipinski definition) is 2. The highest BCUT2D eigenvalue weighted by molar-refractivity contribution is 7.09. The van der Waals surface area contributed by atoms with Crippen molar-refractivity contribution in [2.75, 3.05) is 0 Å². The SMILES string of the molecule is Cc1nc(/C=C\[C@@H]2C[C@@H]3O[C@@H]3CCC[C@H](C)[C@H](O)[C@@H](C)C(=O)C(C)(C)[C@@H](O)CC(=O)O2)cs1. The number of aliphatic hydroxyl groups excluding tert-OH is 2. The van der Waals surface area contributed by atoms with Crippen molar-refractivity contribution in [3.05, 3.63) is 22.2 Å². The van der Waals surface area contributed by atoms with E-state index in [1.54, 1.807) is 32.1 Å². The topological polar surface area (TPSA) is 109 Å². The number of thiazole rings is 1. The van der Waals surface area contributed by atoms with Gasteiger partial charge in [0.1, 0.15) is 11.9 Å². The second-order valence-electron chi connectivity index (χ2n) is 10.1. The largest absolute Gasteiger partial charge is 0.458 e. The molecule has 0 aliphatic carbocycles. The van der Waals surface area contributed by atoms with Crippen molar-refractivity contribution < 1.29 is 29.3 Å². The fourth-order valence-corrected chi connectivity index (χ4v) is 5.12. The lowest BCUT2D eigenvalue weighted by Crippen LogP contribution is -2.45. The van der Waals surface area contributed by atoms with Crippen molar-refractivity contribution in [2.24, 2.45) is 17.3 Å². The summed E-state index contributed by atoms with van der Waals surface area (Å²) in [6.45, 7) is 8.82. The van der Waals surface area contributed by atoms with Crippen LogP contribution in [-0.4, -0.2) is 57.5 Å². The highest BCUT2D eigenvalue weighted by Crippen LogP contribution is 2.35. The van der Waals surface area contributed by atoms with Gasteiger partial charge in [-0.2, -0.15) is 0 Å². The van der Waals surface area contributed by atoms with Gasteiger partial charge in [0.05, 0.1) is 47.0 Å². The Morgan fingerprint density at radius 3 is 2.58 bits per heavy atom. The first-order valence-electron chi connectivity index (χ1n) is 11.8. The first-order valence-corrected chi connectivity index (χ1v) is 12.7. The summed E-state index contributed by atoms with van der Waals surface area (Å²) in [7, 11) is 0. The normalized spacial score (nSPS) is 36.4. The van der Waals surface area contributed by atoms with Crippen molar-refractivity contribution in [1.82, 2.24) is 4.98 Å². The molecule has 0 bridgehead atoms. The van der Waals surface area contributed by atoms with Crippen LogP contribution in [0.15, 0.2) is 11.5 Å².